The maximum absolute atomic E-state index is 12.4. The van der Waals surface area contributed by atoms with E-state index in [4.69, 9.17) is 0 Å². The molecule has 0 aliphatic carbocycles. The third kappa shape index (κ3) is 5.53. The Hall–Kier alpha value is -1.44. The van der Waals surface area contributed by atoms with Gasteiger partial charge in [0, 0.05) is 26.2 Å². The lowest BCUT2D eigenvalue weighted by molar-refractivity contribution is -0.123. The van der Waals surface area contributed by atoms with Gasteiger partial charge in [0.2, 0.25) is 15.9 Å². The lowest BCUT2D eigenvalue weighted by Gasteiger charge is -2.35. The predicted octanol–water partition coefficient (Wildman–Crippen LogP) is 1.84. The highest BCUT2D eigenvalue weighted by Crippen LogP contribution is 2.18. The second kappa shape index (κ2) is 8.50. The van der Waals surface area contributed by atoms with Crippen LogP contribution in [0.4, 0.5) is 0 Å². The molecule has 7 heteroatoms. The number of carbonyl (C=O) groups excluding carboxylic acids is 1. The molecule has 1 unspecified atom stereocenters. The fourth-order valence-corrected chi connectivity index (χ4v) is 4.07. The Labute approximate surface area is 157 Å². The quantitative estimate of drug-likeness (QED) is 0.816. The zero-order valence-electron chi connectivity index (χ0n) is 16.4. The Morgan fingerprint density at radius 3 is 2.42 bits per heavy atom. The Morgan fingerprint density at radius 2 is 1.88 bits per heavy atom. The van der Waals surface area contributed by atoms with Gasteiger partial charge in [0.1, 0.15) is 0 Å². The van der Waals surface area contributed by atoms with Crippen molar-refractivity contribution in [2.45, 2.75) is 45.7 Å². The molecule has 1 saturated heterocycles. The van der Waals surface area contributed by atoms with Gasteiger partial charge in [-0.3, -0.25) is 9.69 Å². The summed E-state index contributed by atoms with van der Waals surface area (Å²) in [7, 11) is -1.53. The van der Waals surface area contributed by atoms with Crippen LogP contribution in [0.15, 0.2) is 18.2 Å². The summed E-state index contributed by atoms with van der Waals surface area (Å²) in [6, 6.07) is 6.25. The van der Waals surface area contributed by atoms with Gasteiger partial charge in [0.05, 0.1) is 18.8 Å². The molecule has 0 saturated carbocycles. The van der Waals surface area contributed by atoms with Gasteiger partial charge in [-0.15, -0.1) is 0 Å². The van der Waals surface area contributed by atoms with E-state index in [1.807, 2.05) is 6.92 Å². The molecular weight excluding hydrogens is 350 g/mol. The molecule has 0 radical (unpaired) electrons. The standard InChI is InChI=1S/C19H31N3O3S/c1-14-6-7-17(12-15(14)2)16(3)20-19(23)13-22-10-8-18(9-11-22)21(4)26(5,24)25/h6-7,12,16,18H,8-11,13H2,1-5H3,(H,20,23). The fourth-order valence-electron chi connectivity index (χ4n) is 3.32. The van der Waals surface area contributed by atoms with Crippen LogP contribution in [-0.4, -0.2) is 62.5 Å². The molecular formula is C19H31N3O3S. The number of piperidine rings is 1. The number of hydrogen-bond donors (Lipinski definition) is 1. The van der Waals surface area contributed by atoms with Crippen LogP contribution in [0.5, 0.6) is 0 Å². The van der Waals surface area contributed by atoms with Crippen LogP contribution in [0.3, 0.4) is 0 Å². The molecule has 1 fully saturated rings. The molecule has 0 aromatic heterocycles. The normalized spacial score (nSPS) is 18.1. The molecule has 1 atom stereocenters. The number of amides is 1. The Morgan fingerprint density at radius 1 is 1.27 bits per heavy atom. The second-order valence-corrected chi connectivity index (χ2v) is 9.46. The highest BCUT2D eigenvalue weighted by molar-refractivity contribution is 7.88. The smallest absolute Gasteiger partial charge is 0.234 e. The first-order valence-electron chi connectivity index (χ1n) is 9.10. The first kappa shape index (κ1) is 20.9. The molecule has 146 valence electrons. The van der Waals surface area contributed by atoms with Crippen molar-refractivity contribution in [1.29, 1.82) is 0 Å². The third-order valence-corrected chi connectivity index (χ3v) is 6.71. The van der Waals surface area contributed by atoms with Crippen molar-refractivity contribution in [3.63, 3.8) is 0 Å². The largest absolute Gasteiger partial charge is 0.348 e. The highest BCUT2D eigenvalue weighted by Gasteiger charge is 2.27. The Balaban J connectivity index is 1.82. The van der Waals surface area contributed by atoms with E-state index >= 15 is 0 Å². The van der Waals surface area contributed by atoms with E-state index in [-0.39, 0.29) is 18.0 Å². The maximum atomic E-state index is 12.4. The minimum atomic E-state index is -3.16. The molecule has 1 aliphatic rings. The van der Waals surface area contributed by atoms with E-state index in [2.05, 4.69) is 42.3 Å². The van der Waals surface area contributed by atoms with Crippen molar-refractivity contribution in [1.82, 2.24) is 14.5 Å². The summed E-state index contributed by atoms with van der Waals surface area (Å²) in [6.45, 7) is 7.96. The number of likely N-dealkylation sites (tertiary alicyclic amines) is 1. The number of hydrogen-bond acceptors (Lipinski definition) is 4. The van der Waals surface area contributed by atoms with Crippen LogP contribution in [-0.2, 0) is 14.8 Å². The second-order valence-electron chi connectivity index (χ2n) is 7.42. The first-order valence-corrected chi connectivity index (χ1v) is 10.9. The summed E-state index contributed by atoms with van der Waals surface area (Å²) in [5.41, 5.74) is 3.57. The summed E-state index contributed by atoms with van der Waals surface area (Å²) in [4.78, 5) is 14.5. The van der Waals surface area contributed by atoms with Crippen LogP contribution < -0.4 is 5.32 Å². The molecule has 1 N–H and O–H groups in total. The van der Waals surface area contributed by atoms with Crippen molar-refractivity contribution in [3.05, 3.63) is 34.9 Å². The van der Waals surface area contributed by atoms with Crippen molar-refractivity contribution in [3.8, 4) is 0 Å². The number of rotatable bonds is 6. The molecule has 0 bridgehead atoms. The van der Waals surface area contributed by atoms with Crippen LogP contribution in [0, 0.1) is 13.8 Å². The zero-order valence-corrected chi connectivity index (χ0v) is 17.3. The monoisotopic (exact) mass is 381 g/mol. The lowest BCUT2D eigenvalue weighted by atomic mass is 10.0. The maximum Gasteiger partial charge on any atom is 0.234 e. The van der Waals surface area contributed by atoms with E-state index in [1.54, 1.807) is 7.05 Å². The molecule has 2 rings (SSSR count). The Bertz CT molecular complexity index is 740. The van der Waals surface area contributed by atoms with Crippen molar-refractivity contribution < 1.29 is 13.2 Å². The topological polar surface area (TPSA) is 69.7 Å². The van der Waals surface area contributed by atoms with E-state index in [1.165, 1.54) is 21.7 Å². The Kier molecular flexibility index (Phi) is 6.82. The van der Waals surface area contributed by atoms with E-state index in [9.17, 15) is 13.2 Å². The van der Waals surface area contributed by atoms with Gasteiger partial charge in [0.15, 0.2) is 0 Å². The molecule has 1 aliphatic heterocycles. The van der Waals surface area contributed by atoms with Crippen LogP contribution in [0.25, 0.3) is 0 Å². The van der Waals surface area contributed by atoms with Gasteiger partial charge < -0.3 is 5.32 Å². The fraction of sp³-hybridized carbons (Fsp3) is 0.632. The van der Waals surface area contributed by atoms with Crippen LogP contribution >= 0.6 is 0 Å². The van der Waals surface area contributed by atoms with Gasteiger partial charge in [-0.05, 0) is 50.3 Å². The number of carbonyl (C=O) groups is 1. The minimum Gasteiger partial charge on any atom is -0.348 e. The highest BCUT2D eigenvalue weighted by atomic mass is 32.2. The van der Waals surface area contributed by atoms with Crippen molar-refractivity contribution in [2.24, 2.45) is 0 Å². The van der Waals surface area contributed by atoms with E-state index in [0.717, 1.165) is 31.5 Å². The van der Waals surface area contributed by atoms with Crippen LogP contribution in [0.1, 0.15) is 42.5 Å². The van der Waals surface area contributed by atoms with Gasteiger partial charge >= 0.3 is 0 Å². The van der Waals surface area contributed by atoms with Crippen molar-refractivity contribution in [2.75, 3.05) is 32.9 Å². The molecule has 1 aromatic rings. The molecule has 6 nitrogen and oxygen atoms in total. The van der Waals surface area contributed by atoms with Gasteiger partial charge in [0.25, 0.3) is 0 Å². The third-order valence-electron chi connectivity index (χ3n) is 5.37. The number of nitrogens with one attached hydrogen (secondary N) is 1. The molecule has 1 amide bonds. The van der Waals surface area contributed by atoms with Crippen LogP contribution in [0.2, 0.25) is 0 Å². The molecule has 1 heterocycles. The molecule has 0 spiro atoms. The average Bonchev–Trinajstić information content (AvgIpc) is 2.56. The zero-order chi connectivity index (χ0) is 19.5. The summed E-state index contributed by atoms with van der Waals surface area (Å²) < 4.78 is 24.7. The molecule has 1 aromatic carbocycles. The minimum absolute atomic E-state index is 0.00523. The first-order chi connectivity index (χ1) is 12.1. The average molecular weight is 382 g/mol. The summed E-state index contributed by atoms with van der Waals surface area (Å²) in [5.74, 6) is 0.00523. The summed E-state index contributed by atoms with van der Waals surface area (Å²) >= 11 is 0. The number of sulfonamides is 1. The van der Waals surface area contributed by atoms with Gasteiger partial charge in [-0.1, -0.05) is 18.2 Å². The number of nitrogens with zero attached hydrogens (tertiary/aromatic N) is 2. The molecule has 26 heavy (non-hydrogen) atoms. The van der Waals surface area contributed by atoms with E-state index in [0.29, 0.717) is 6.54 Å². The van der Waals surface area contributed by atoms with Gasteiger partial charge in [-0.2, -0.15) is 0 Å². The van der Waals surface area contributed by atoms with Gasteiger partial charge in [-0.25, -0.2) is 12.7 Å². The predicted molar refractivity (Wildman–Crippen MR) is 105 cm³/mol. The van der Waals surface area contributed by atoms with Crippen molar-refractivity contribution >= 4 is 15.9 Å². The lowest BCUT2D eigenvalue weighted by Crippen LogP contribution is -2.47. The number of benzene rings is 1. The summed E-state index contributed by atoms with van der Waals surface area (Å²) in [6.07, 6.45) is 2.74. The number of aryl methyl sites for hydroxylation is 2. The summed E-state index contributed by atoms with van der Waals surface area (Å²) in [5, 5.41) is 3.06. The SMILES string of the molecule is Cc1ccc(C(C)NC(=O)CN2CCC(N(C)S(C)(=O)=O)CC2)cc1C. The van der Waals surface area contributed by atoms with E-state index < -0.39 is 10.0 Å².